The van der Waals surface area contributed by atoms with Crippen molar-refractivity contribution in [2.75, 3.05) is 11.9 Å². The Bertz CT molecular complexity index is 749. The van der Waals surface area contributed by atoms with Crippen LogP contribution in [0.15, 0.2) is 40.9 Å². The van der Waals surface area contributed by atoms with Gasteiger partial charge in [-0.2, -0.15) is 0 Å². The summed E-state index contributed by atoms with van der Waals surface area (Å²) in [7, 11) is 0. The summed E-state index contributed by atoms with van der Waals surface area (Å²) in [6, 6.07) is 9.56. The molecule has 0 radical (unpaired) electrons. The molecule has 6 heteroatoms. The van der Waals surface area contributed by atoms with Gasteiger partial charge in [-0.25, -0.2) is 4.39 Å². The van der Waals surface area contributed by atoms with Crippen LogP contribution in [0.5, 0.6) is 5.75 Å². The molecule has 0 aromatic heterocycles. The monoisotopic (exact) mass is 409 g/mol. The standard InChI is InChI=1S/C19H21BrFNO3/c1-4-24-18-8-5-13(9-14(18)11-25-12(2)3)19(23)22-17-7-6-15(20)10-16(17)21/h5-10,12H,4,11H2,1-3H3,(H,22,23). The minimum atomic E-state index is -0.503. The highest BCUT2D eigenvalue weighted by molar-refractivity contribution is 9.10. The number of benzene rings is 2. The van der Waals surface area contributed by atoms with Crippen molar-refractivity contribution < 1.29 is 18.7 Å². The van der Waals surface area contributed by atoms with Gasteiger partial charge in [-0.05, 0) is 57.2 Å². The maximum atomic E-state index is 13.9. The third-order valence-corrected chi connectivity index (χ3v) is 3.87. The normalized spacial score (nSPS) is 10.8. The van der Waals surface area contributed by atoms with Crippen molar-refractivity contribution in [2.24, 2.45) is 0 Å². The quantitative estimate of drug-likeness (QED) is 0.686. The molecule has 0 spiro atoms. The van der Waals surface area contributed by atoms with E-state index in [0.717, 1.165) is 5.56 Å². The van der Waals surface area contributed by atoms with E-state index in [2.05, 4.69) is 21.2 Å². The molecule has 0 saturated carbocycles. The van der Waals surface area contributed by atoms with E-state index in [-0.39, 0.29) is 11.8 Å². The molecule has 0 atom stereocenters. The van der Waals surface area contributed by atoms with E-state index in [4.69, 9.17) is 9.47 Å². The summed E-state index contributed by atoms with van der Waals surface area (Å²) in [6.07, 6.45) is 0.0591. The SMILES string of the molecule is CCOc1ccc(C(=O)Nc2ccc(Br)cc2F)cc1COC(C)C. The van der Waals surface area contributed by atoms with Crippen LogP contribution >= 0.6 is 15.9 Å². The molecule has 1 N–H and O–H groups in total. The number of rotatable bonds is 7. The van der Waals surface area contributed by atoms with Gasteiger partial charge >= 0.3 is 0 Å². The minimum Gasteiger partial charge on any atom is -0.494 e. The molecule has 2 rings (SSSR count). The van der Waals surface area contributed by atoms with Crippen molar-refractivity contribution in [1.29, 1.82) is 0 Å². The Hall–Kier alpha value is -1.92. The van der Waals surface area contributed by atoms with Crippen LogP contribution < -0.4 is 10.1 Å². The lowest BCUT2D eigenvalue weighted by Crippen LogP contribution is -2.14. The number of amides is 1. The van der Waals surface area contributed by atoms with Crippen LogP contribution in [0, 0.1) is 5.82 Å². The van der Waals surface area contributed by atoms with E-state index in [1.54, 1.807) is 24.3 Å². The molecule has 0 aliphatic carbocycles. The largest absolute Gasteiger partial charge is 0.494 e. The Balaban J connectivity index is 2.22. The molecule has 4 nitrogen and oxygen atoms in total. The molecule has 1 amide bonds. The summed E-state index contributed by atoms with van der Waals surface area (Å²) in [5, 5.41) is 2.58. The number of nitrogens with one attached hydrogen (secondary N) is 1. The number of anilines is 1. The van der Waals surface area contributed by atoms with E-state index >= 15 is 0 Å². The summed E-state index contributed by atoms with van der Waals surface area (Å²) in [5.41, 5.74) is 1.31. The number of ether oxygens (including phenoxy) is 2. The maximum Gasteiger partial charge on any atom is 0.255 e. The van der Waals surface area contributed by atoms with Crippen molar-refractivity contribution in [3.8, 4) is 5.75 Å². The summed E-state index contributed by atoms with van der Waals surface area (Å²) < 4.78 is 25.7. The molecule has 134 valence electrons. The van der Waals surface area contributed by atoms with E-state index < -0.39 is 11.7 Å². The van der Waals surface area contributed by atoms with Crippen molar-refractivity contribution in [3.63, 3.8) is 0 Å². The van der Waals surface area contributed by atoms with Gasteiger partial charge in [0.15, 0.2) is 0 Å². The number of carbonyl (C=O) groups excluding carboxylic acids is 1. The zero-order valence-electron chi connectivity index (χ0n) is 14.4. The molecular weight excluding hydrogens is 389 g/mol. The smallest absolute Gasteiger partial charge is 0.255 e. The molecule has 0 fully saturated rings. The van der Waals surface area contributed by atoms with E-state index in [9.17, 15) is 9.18 Å². The van der Waals surface area contributed by atoms with Gasteiger partial charge in [0.1, 0.15) is 11.6 Å². The average molecular weight is 410 g/mol. The molecule has 2 aromatic carbocycles. The maximum absolute atomic E-state index is 13.9. The predicted octanol–water partition coefficient (Wildman–Crippen LogP) is 5.16. The van der Waals surface area contributed by atoms with E-state index in [1.165, 1.54) is 12.1 Å². The summed E-state index contributed by atoms with van der Waals surface area (Å²) in [6.45, 7) is 6.62. The number of carbonyl (C=O) groups is 1. The molecule has 25 heavy (non-hydrogen) atoms. The Morgan fingerprint density at radius 2 is 2.00 bits per heavy atom. The van der Waals surface area contributed by atoms with Gasteiger partial charge in [-0.3, -0.25) is 4.79 Å². The average Bonchev–Trinajstić information content (AvgIpc) is 2.56. The summed E-state index contributed by atoms with van der Waals surface area (Å²) in [4.78, 5) is 12.4. The molecule has 0 aliphatic rings. The van der Waals surface area contributed by atoms with Crippen LogP contribution in [-0.4, -0.2) is 18.6 Å². The first-order valence-electron chi connectivity index (χ1n) is 8.04. The Labute approximate surface area is 155 Å². The molecule has 0 bridgehead atoms. The fourth-order valence-electron chi connectivity index (χ4n) is 2.17. The lowest BCUT2D eigenvalue weighted by Gasteiger charge is -2.14. The molecule has 2 aromatic rings. The van der Waals surface area contributed by atoms with Crippen LogP contribution in [0.1, 0.15) is 36.7 Å². The van der Waals surface area contributed by atoms with Gasteiger partial charge in [-0.1, -0.05) is 15.9 Å². The van der Waals surface area contributed by atoms with E-state index in [0.29, 0.717) is 29.0 Å². The van der Waals surface area contributed by atoms with Crippen LogP contribution in [0.25, 0.3) is 0 Å². The fourth-order valence-corrected chi connectivity index (χ4v) is 2.50. The second-order valence-corrected chi connectivity index (χ2v) is 6.61. The third kappa shape index (κ3) is 5.54. The van der Waals surface area contributed by atoms with Crippen LogP contribution in [0.3, 0.4) is 0 Å². The first kappa shape index (κ1) is 19.4. The number of hydrogen-bond acceptors (Lipinski definition) is 3. The molecular formula is C19H21BrFNO3. The van der Waals surface area contributed by atoms with Crippen molar-refractivity contribution in [2.45, 2.75) is 33.5 Å². The van der Waals surface area contributed by atoms with Crippen molar-refractivity contribution >= 4 is 27.5 Å². The highest BCUT2D eigenvalue weighted by Gasteiger charge is 2.13. The molecule has 0 saturated heterocycles. The zero-order chi connectivity index (χ0) is 18.4. The number of halogens is 2. The first-order chi connectivity index (χ1) is 11.9. The summed E-state index contributed by atoms with van der Waals surface area (Å²) >= 11 is 3.19. The molecule has 0 aliphatic heterocycles. The molecule has 0 unspecified atom stereocenters. The van der Waals surface area contributed by atoms with Crippen LogP contribution in [0.4, 0.5) is 10.1 Å². The Morgan fingerprint density at radius 1 is 1.24 bits per heavy atom. The van der Waals surface area contributed by atoms with Gasteiger partial charge in [0.25, 0.3) is 5.91 Å². The predicted molar refractivity (Wildman–Crippen MR) is 99.6 cm³/mol. The Morgan fingerprint density at radius 3 is 2.64 bits per heavy atom. The van der Waals surface area contributed by atoms with Gasteiger partial charge in [0.05, 0.1) is 25.0 Å². The minimum absolute atomic E-state index is 0.0591. The first-order valence-corrected chi connectivity index (χ1v) is 8.83. The number of hydrogen-bond donors (Lipinski definition) is 1. The van der Waals surface area contributed by atoms with Crippen LogP contribution in [-0.2, 0) is 11.3 Å². The molecule has 0 heterocycles. The lowest BCUT2D eigenvalue weighted by atomic mass is 10.1. The summed E-state index contributed by atoms with van der Waals surface area (Å²) in [5.74, 6) is -0.221. The lowest BCUT2D eigenvalue weighted by molar-refractivity contribution is 0.0641. The fraction of sp³-hybridized carbons (Fsp3) is 0.316. The zero-order valence-corrected chi connectivity index (χ0v) is 16.0. The van der Waals surface area contributed by atoms with Crippen molar-refractivity contribution in [3.05, 3.63) is 57.8 Å². The topological polar surface area (TPSA) is 47.6 Å². The van der Waals surface area contributed by atoms with Gasteiger partial charge in [0, 0.05) is 15.6 Å². The highest BCUT2D eigenvalue weighted by Crippen LogP contribution is 2.24. The van der Waals surface area contributed by atoms with Gasteiger partial charge < -0.3 is 14.8 Å². The second kappa shape index (κ2) is 8.97. The van der Waals surface area contributed by atoms with Crippen molar-refractivity contribution in [1.82, 2.24) is 0 Å². The van der Waals surface area contributed by atoms with Crippen LogP contribution in [0.2, 0.25) is 0 Å². The highest BCUT2D eigenvalue weighted by atomic mass is 79.9. The second-order valence-electron chi connectivity index (χ2n) is 5.69. The van der Waals surface area contributed by atoms with Gasteiger partial charge in [-0.15, -0.1) is 0 Å². The van der Waals surface area contributed by atoms with E-state index in [1.807, 2.05) is 20.8 Å². The van der Waals surface area contributed by atoms with Gasteiger partial charge in [0.2, 0.25) is 0 Å². The third-order valence-electron chi connectivity index (χ3n) is 3.37. The Kier molecular flexibility index (Phi) is 6.96.